The molecule has 6 heterocycles. The molecule has 4 aliphatic rings. The molecule has 3 aromatic heterocycles. The average Bonchev–Trinajstić information content (AvgIpc) is 3.65. The molecule has 0 amide bonds. The largest absolute Gasteiger partial charge is 0.475 e. The summed E-state index contributed by atoms with van der Waals surface area (Å²) in [5.74, 6) is -0.743. The van der Waals surface area contributed by atoms with E-state index in [1.807, 2.05) is 13.8 Å². The Labute approximate surface area is 258 Å². The predicted octanol–water partition coefficient (Wildman–Crippen LogP) is 6.38. The van der Waals surface area contributed by atoms with Gasteiger partial charge >= 0.3 is 6.01 Å². The highest BCUT2D eigenvalue weighted by Crippen LogP contribution is 2.48. The number of ether oxygens (including phenoxy) is 2. The summed E-state index contributed by atoms with van der Waals surface area (Å²) in [5.41, 5.74) is -0.0270. The minimum absolute atomic E-state index is 0. The first-order valence-electron chi connectivity index (χ1n) is 14.7. The van der Waals surface area contributed by atoms with E-state index < -0.39 is 30.5 Å². The van der Waals surface area contributed by atoms with E-state index in [0.717, 1.165) is 25.8 Å². The van der Waals surface area contributed by atoms with Gasteiger partial charge in [0.25, 0.3) is 6.43 Å². The zero-order valence-electron chi connectivity index (χ0n) is 24.3. The van der Waals surface area contributed by atoms with Crippen LogP contribution in [0.25, 0.3) is 22.2 Å². The first-order chi connectivity index (χ1) is 20.7. The first-order valence-corrected chi connectivity index (χ1v) is 15.0. The minimum Gasteiger partial charge on any atom is -0.475 e. The Kier molecular flexibility index (Phi) is 10.9. The third-order valence-corrected chi connectivity index (χ3v) is 8.19. The van der Waals surface area contributed by atoms with Crippen LogP contribution in [0.1, 0.15) is 64.9 Å². The predicted molar refractivity (Wildman–Crippen MR) is 163 cm³/mol. The van der Waals surface area contributed by atoms with Gasteiger partial charge in [0.15, 0.2) is 5.82 Å². The molecule has 7 rings (SSSR count). The maximum Gasteiger partial charge on any atom is 0.318 e. The number of aromatic nitrogens is 4. The molecule has 0 aromatic carbocycles. The van der Waals surface area contributed by atoms with Crippen molar-refractivity contribution in [1.29, 1.82) is 0 Å². The van der Waals surface area contributed by atoms with Crippen molar-refractivity contribution in [2.24, 2.45) is 0 Å². The molecule has 1 saturated carbocycles. The molecule has 2 atom stereocenters. The maximum atomic E-state index is 15.9. The van der Waals surface area contributed by atoms with Crippen LogP contribution in [0.5, 0.6) is 11.9 Å². The quantitative estimate of drug-likeness (QED) is 0.253. The summed E-state index contributed by atoms with van der Waals surface area (Å²) in [7, 11) is 1.29. The summed E-state index contributed by atoms with van der Waals surface area (Å²) in [6.07, 6.45) is 1.86. The Hall–Kier alpha value is -3.19. The lowest BCUT2D eigenvalue weighted by molar-refractivity contribution is 0.153. The van der Waals surface area contributed by atoms with Gasteiger partial charge in [-0.3, -0.25) is 9.69 Å². The fourth-order valence-electron chi connectivity index (χ4n) is 5.94. The Bertz CT molecular complexity index is 1510. The van der Waals surface area contributed by atoms with Crippen LogP contribution in [-0.4, -0.2) is 83.4 Å². The lowest BCUT2D eigenvalue weighted by Gasteiger charge is -2.22. The second kappa shape index (κ2) is 14.3. The molecule has 3 aliphatic heterocycles. The normalized spacial score (nSPS) is 20.5. The Balaban J connectivity index is 0.000000311. The number of nitrogens with zero attached hydrogens (tertiary/aromatic N) is 5. The van der Waals surface area contributed by atoms with E-state index in [4.69, 9.17) is 21.1 Å². The van der Waals surface area contributed by atoms with E-state index in [9.17, 15) is 18.0 Å². The number of rotatable bonds is 5. The van der Waals surface area contributed by atoms with Gasteiger partial charge < -0.3 is 19.4 Å². The fourth-order valence-corrected chi connectivity index (χ4v) is 6.29. The van der Waals surface area contributed by atoms with Crippen LogP contribution in [0, 0.1) is 5.82 Å². The Morgan fingerprint density at radius 2 is 1.93 bits per heavy atom. The topological polar surface area (TPSA) is 96.5 Å². The average molecular weight is 643 g/mol. The van der Waals surface area contributed by atoms with E-state index in [0.29, 0.717) is 18.2 Å². The molecule has 0 spiro atoms. The van der Waals surface area contributed by atoms with Gasteiger partial charge in [0.05, 0.1) is 20.2 Å². The summed E-state index contributed by atoms with van der Waals surface area (Å²) in [4.78, 5) is 30.9. The van der Waals surface area contributed by atoms with Gasteiger partial charge in [-0.25, -0.2) is 22.5 Å². The van der Waals surface area contributed by atoms with Crippen LogP contribution in [-0.2, 0) is 0 Å². The number of hydrogen-bond donors (Lipinski definition) is 1. The van der Waals surface area contributed by atoms with Crippen molar-refractivity contribution in [3.05, 3.63) is 33.0 Å². The molecule has 1 aliphatic carbocycles. The summed E-state index contributed by atoms with van der Waals surface area (Å²) in [6.45, 7) is 5.33. The van der Waals surface area contributed by atoms with Gasteiger partial charge in [0.1, 0.15) is 40.3 Å². The molecule has 2 saturated heterocycles. The maximum absolute atomic E-state index is 15.9. The van der Waals surface area contributed by atoms with E-state index >= 15 is 4.39 Å². The molecule has 3 aromatic rings. The number of methoxy groups -OCH3 is 1. The van der Waals surface area contributed by atoms with Crippen LogP contribution >= 0.6 is 11.6 Å². The molecule has 44 heavy (non-hydrogen) atoms. The molecule has 9 nitrogen and oxygen atoms in total. The third kappa shape index (κ3) is 6.88. The van der Waals surface area contributed by atoms with Gasteiger partial charge in [0, 0.05) is 29.8 Å². The first kappa shape index (κ1) is 33.7. The molecule has 3 fully saturated rings. The summed E-state index contributed by atoms with van der Waals surface area (Å²) in [5, 5.41) is 0.196. The van der Waals surface area contributed by atoms with Crippen molar-refractivity contribution in [3.63, 3.8) is 0 Å². The highest BCUT2D eigenvalue weighted by molar-refractivity contribution is 6.30. The number of hydrogen-bond acceptors (Lipinski definition) is 8. The van der Waals surface area contributed by atoms with Crippen LogP contribution in [0.3, 0.4) is 0 Å². The Morgan fingerprint density at radius 3 is 2.59 bits per heavy atom. The zero-order valence-corrected chi connectivity index (χ0v) is 25.1. The Morgan fingerprint density at radius 1 is 1.18 bits per heavy atom. The molecule has 242 valence electrons. The number of anilines is 1. The second-order valence-corrected chi connectivity index (χ2v) is 11.1. The van der Waals surface area contributed by atoms with Crippen LogP contribution < -0.4 is 19.9 Å². The second-order valence-electron chi connectivity index (χ2n) is 10.7. The summed E-state index contributed by atoms with van der Waals surface area (Å²) in [6, 6.07) is 1.66. The molecule has 14 heteroatoms. The smallest absolute Gasteiger partial charge is 0.318 e. The number of halogens is 5. The van der Waals surface area contributed by atoms with Crippen molar-refractivity contribution >= 4 is 28.3 Å². The molecule has 0 bridgehead atoms. The number of H-pyrrole nitrogens is 1. The van der Waals surface area contributed by atoms with Crippen molar-refractivity contribution in [2.45, 2.75) is 77.9 Å². The van der Waals surface area contributed by atoms with Crippen LogP contribution in [0.4, 0.5) is 23.4 Å². The van der Waals surface area contributed by atoms with Crippen molar-refractivity contribution in [1.82, 2.24) is 24.8 Å². The van der Waals surface area contributed by atoms with E-state index in [-0.39, 0.29) is 71.5 Å². The van der Waals surface area contributed by atoms with Crippen molar-refractivity contribution < 1.29 is 27.0 Å². The number of aromatic amines is 1. The number of fused-ring (bicyclic) bond motifs is 1. The molecule has 2 unspecified atom stereocenters. The highest BCUT2D eigenvalue weighted by atomic mass is 35.5. The van der Waals surface area contributed by atoms with Crippen LogP contribution in [0.15, 0.2) is 10.9 Å². The van der Waals surface area contributed by atoms with Gasteiger partial charge in [-0.1, -0.05) is 32.9 Å². The third-order valence-electron chi connectivity index (χ3n) is 7.89. The van der Waals surface area contributed by atoms with E-state index in [1.165, 1.54) is 30.9 Å². The summed E-state index contributed by atoms with van der Waals surface area (Å²) < 4.78 is 65.6. The molecular weight excluding hydrogens is 604 g/mol. The SMILES string of the molecule is C.CC.COc1nc2c3c(nc(-c4cc(=O)[nH]c(Cl)c4C4CC4)c(F)c3n1)OCCN2CC(F)F.FC1CC2CCCN2C1. The lowest BCUT2D eigenvalue weighted by Crippen LogP contribution is -2.32. The minimum atomic E-state index is -2.65. The van der Waals surface area contributed by atoms with Crippen molar-refractivity contribution in [2.75, 3.05) is 44.8 Å². The number of alkyl halides is 3. The monoisotopic (exact) mass is 642 g/mol. The molecule has 0 radical (unpaired) electrons. The van der Waals surface area contributed by atoms with E-state index in [1.54, 1.807) is 0 Å². The van der Waals surface area contributed by atoms with Crippen LogP contribution in [0.2, 0.25) is 5.15 Å². The fraction of sp³-hybridized carbons (Fsp3) is 0.600. The van der Waals surface area contributed by atoms with E-state index in [2.05, 4.69) is 24.8 Å². The standard InChI is InChI=1S/C20H17ClF3N5O3.C7H12FN.C2H6.CH4/c1-31-20-27-16-13-18(28-20)29(7-10(22)23)4-5-32-19(13)26-15(14(16)24)9-6-11(30)25-17(21)12(9)8-2-3-8;8-6-4-7-2-1-3-9(7)5-6;1-2;/h6,8,10H,2-5,7H2,1H3,(H,25,30);6-7H,1-5H2;1-2H3;1H4. The number of pyridine rings is 2. The van der Waals surface area contributed by atoms with Crippen molar-refractivity contribution in [3.8, 4) is 23.1 Å². The van der Waals surface area contributed by atoms with Gasteiger partial charge in [-0.05, 0) is 44.6 Å². The van der Waals surface area contributed by atoms with Gasteiger partial charge in [0.2, 0.25) is 11.4 Å². The summed E-state index contributed by atoms with van der Waals surface area (Å²) >= 11 is 6.28. The zero-order chi connectivity index (χ0) is 30.8. The lowest BCUT2D eigenvalue weighted by atomic mass is 10.0. The molecular formula is C30H39ClF4N6O3. The van der Waals surface area contributed by atoms with Gasteiger partial charge in [-0.15, -0.1) is 0 Å². The molecule has 1 N–H and O–H groups in total. The number of nitrogens with one attached hydrogen (secondary N) is 1. The van der Waals surface area contributed by atoms with Gasteiger partial charge in [-0.2, -0.15) is 9.97 Å². The highest BCUT2D eigenvalue weighted by Gasteiger charge is 2.35.